The third kappa shape index (κ3) is 6.36. The summed E-state index contributed by atoms with van der Waals surface area (Å²) in [5, 5.41) is 21.0. The van der Waals surface area contributed by atoms with E-state index in [0.29, 0.717) is 12.1 Å². The minimum atomic E-state index is -5.18. The lowest BCUT2D eigenvalue weighted by atomic mass is 10.1. The van der Waals surface area contributed by atoms with Gasteiger partial charge >= 0.3 is 0 Å². The molecule has 17 nitrogen and oxygen atoms in total. The molecule has 3 aromatic rings. The van der Waals surface area contributed by atoms with Crippen LogP contribution in [0.1, 0.15) is 0 Å². The fraction of sp³-hybridized carbons (Fsp3) is 0.0526. The maximum absolute atomic E-state index is 13.3. The van der Waals surface area contributed by atoms with Gasteiger partial charge in [-0.2, -0.15) is 44.0 Å². The van der Waals surface area contributed by atoms with Crippen LogP contribution in [0.25, 0.3) is 10.8 Å². The molecule has 1 aliphatic heterocycles. The highest BCUT2D eigenvalue weighted by molar-refractivity contribution is 7.86. The number of aliphatic imine (C=N–C) groups is 2. The van der Waals surface area contributed by atoms with E-state index < -0.39 is 86.3 Å². The second-order valence-electron chi connectivity index (χ2n) is 7.94. The van der Waals surface area contributed by atoms with Gasteiger partial charge in [0, 0.05) is 17.1 Å². The van der Waals surface area contributed by atoms with Gasteiger partial charge in [0.15, 0.2) is 0 Å². The normalized spacial score (nSPS) is 16.4. The van der Waals surface area contributed by atoms with E-state index in [9.17, 15) is 52.8 Å². The Morgan fingerprint density at radius 3 is 2.15 bits per heavy atom. The summed E-state index contributed by atoms with van der Waals surface area (Å²) < 4.78 is 127. The molecule has 41 heavy (non-hydrogen) atoms. The van der Waals surface area contributed by atoms with Crippen molar-refractivity contribution in [1.82, 2.24) is 5.32 Å². The fourth-order valence-corrected chi connectivity index (χ4v) is 5.37. The van der Waals surface area contributed by atoms with Crippen LogP contribution in [0.2, 0.25) is 0 Å². The number of nitrogens with one attached hydrogen (secondary N) is 2. The quantitative estimate of drug-likeness (QED) is 0.0886. The van der Waals surface area contributed by atoms with Crippen LogP contribution >= 0.6 is 0 Å². The summed E-state index contributed by atoms with van der Waals surface area (Å²) in [6, 6.07) is 4.77. The highest BCUT2D eigenvalue weighted by Gasteiger charge is 2.25. The maximum Gasteiger partial charge on any atom is 0.296 e. The zero-order chi connectivity index (χ0) is 30.5. The van der Waals surface area contributed by atoms with E-state index in [0.717, 1.165) is 24.3 Å². The predicted octanol–water partition coefficient (Wildman–Crippen LogP) is 2.23. The van der Waals surface area contributed by atoms with E-state index in [2.05, 4.69) is 25.5 Å². The number of nitrogens with zero attached hydrogens (tertiary/aromatic N) is 4. The van der Waals surface area contributed by atoms with Crippen LogP contribution in [0.3, 0.4) is 0 Å². The molecular weight excluding hydrogens is 620 g/mol. The maximum atomic E-state index is 13.3. The molecule has 0 fully saturated rings. The Balaban J connectivity index is 1.85. The van der Waals surface area contributed by atoms with Crippen molar-refractivity contribution in [1.29, 1.82) is 0 Å². The van der Waals surface area contributed by atoms with E-state index in [1.54, 1.807) is 0 Å². The second-order valence-corrected chi connectivity index (χ2v) is 12.1. The summed E-state index contributed by atoms with van der Waals surface area (Å²) in [4.78, 5) is 3.28. The van der Waals surface area contributed by atoms with Gasteiger partial charge in [0.2, 0.25) is 5.96 Å². The van der Waals surface area contributed by atoms with Crippen molar-refractivity contribution in [3.8, 4) is 5.75 Å². The van der Waals surface area contributed by atoms with Crippen molar-refractivity contribution in [2.75, 3.05) is 11.1 Å². The van der Waals surface area contributed by atoms with Gasteiger partial charge in [-0.05, 0) is 35.7 Å². The number of hydrogen-bond acceptors (Lipinski definition) is 14. The van der Waals surface area contributed by atoms with E-state index in [1.807, 2.05) is 5.32 Å². The lowest BCUT2D eigenvalue weighted by Crippen LogP contribution is -2.38. The molecule has 22 heteroatoms. The van der Waals surface area contributed by atoms with Crippen LogP contribution in [-0.4, -0.2) is 62.5 Å². The summed E-state index contributed by atoms with van der Waals surface area (Å²) in [5.74, 6) is -1.37. The molecule has 1 unspecified atom stereocenters. The first-order valence-electron chi connectivity index (χ1n) is 10.4. The van der Waals surface area contributed by atoms with E-state index in [1.165, 1.54) is 0 Å². The van der Waals surface area contributed by atoms with E-state index in [-0.39, 0.29) is 16.5 Å². The first kappa shape index (κ1) is 29.6. The van der Waals surface area contributed by atoms with Crippen molar-refractivity contribution in [2.45, 2.75) is 21.1 Å². The number of phenolic OH excluding ortho intramolecular Hbond substituents is 1. The SMILES string of the molecule is Nc1c(N=Nc2ccc(NC3=NC(F)N=C(F)N3)cc2S(=O)(=O)O)c(S(=O)(=O)O)cc2cc(S(=O)(=O)O)cc(O)c12. The van der Waals surface area contributed by atoms with Gasteiger partial charge in [-0.3, -0.25) is 19.0 Å². The zero-order valence-electron chi connectivity index (χ0n) is 19.6. The van der Waals surface area contributed by atoms with Crippen LogP contribution in [0.5, 0.6) is 5.75 Å². The zero-order valence-corrected chi connectivity index (χ0v) is 22.1. The molecule has 0 radical (unpaired) electrons. The van der Waals surface area contributed by atoms with Crippen molar-refractivity contribution in [3.63, 3.8) is 0 Å². The molecule has 0 saturated heterocycles. The number of alkyl halides is 1. The number of nitrogen functional groups attached to an aromatic ring is 1. The van der Waals surface area contributed by atoms with Gasteiger partial charge in [-0.25, -0.2) is 0 Å². The third-order valence-electron chi connectivity index (χ3n) is 5.18. The van der Waals surface area contributed by atoms with Crippen LogP contribution in [0.4, 0.5) is 31.5 Å². The summed E-state index contributed by atoms with van der Waals surface area (Å²) >= 11 is 0. The molecule has 1 atom stereocenters. The van der Waals surface area contributed by atoms with Crippen molar-refractivity contribution >= 4 is 75.9 Å². The Hall–Kier alpha value is -4.35. The van der Waals surface area contributed by atoms with Gasteiger partial charge in [0.25, 0.3) is 42.9 Å². The highest BCUT2D eigenvalue weighted by atomic mass is 32.2. The number of benzene rings is 3. The number of nitrogens with two attached hydrogens (primary N) is 1. The number of hydrogen-bond donors (Lipinski definition) is 7. The number of azo groups is 1. The number of halogens is 2. The highest BCUT2D eigenvalue weighted by Crippen LogP contribution is 2.43. The van der Waals surface area contributed by atoms with E-state index >= 15 is 0 Å². The lowest BCUT2D eigenvalue weighted by molar-refractivity contribution is 0.352. The molecule has 218 valence electrons. The van der Waals surface area contributed by atoms with Gasteiger partial charge in [0.05, 0.1) is 10.6 Å². The molecule has 0 saturated carbocycles. The molecule has 0 spiro atoms. The molecule has 8 N–H and O–H groups in total. The Bertz CT molecular complexity index is 2030. The average molecular weight is 636 g/mol. The number of fused-ring (bicyclic) bond motifs is 1. The summed E-state index contributed by atoms with van der Waals surface area (Å²) in [6.07, 6.45) is -3.63. The summed E-state index contributed by atoms with van der Waals surface area (Å²) in [7, 11) is -15.1. The van der Waals surface area contributed by atoms with E-state index in [4.69, 9.17) is 5.73 Å². The molecule has 3 aromatic carbocycles. The van der Waals surface area contributed by atoms with Crippen LogP contribution < -0.4 is 16.4 Å². The van der Waals surface area contributed by atoms with Crippen molar-refractivity contribution in [3.05, 3.63) is 36.4 Å². The lowest BCUT2D eigenvalue weighted by Gasteiger charge is -2.15. The minimum Gasteiger partial charge on any atom is -0.507 e. The smallest absolute Gasteiger partial charge is 0.296 e. The third-order valence-corrected chi connectivity index (χ3v) is 7.76. The number of anilines is 2. The van der Waals surface area contributed by atoms with Crippen LogP contribution in [0.15, 0.2) is 71.3 Å². The molecule has 0 amide bonds. The molecule has 1 heterocycles. The molecule has 4 rings (SSSR count). The predicted molar refractivity (Wildman–Crippen MR) is 138 cm³/mol. The van der Waals surface area contributed by atoms with Crippen LogP contribution in [0, 0.1) is 0 Å². The van der Waals surface area contributed by atoms with Gasteiger partial charge in [-0.15, -0.1) is 10.2 Å². The number of rotatable bonds is 6. The molecule has 0 aromatic heterocycles. The standard InChI is InChI=1S/C19H15F2N7O10S3/c20-17-24-18(21)26-19(25-17)23-8-1-2-10(12(5-8)40(33,34)35)27-28-16-13(41(36,37)38)4-7-3-9(39(30,31)32)6-11(29)14(7)15(16)22/h1-6,17,29H,22H2,(H,30,31,32)(H,33,34,35)(H,36,37,38)(H2,23,24,25,26). The van der Waals surface area contributed by atoms with Crippen molar-refractivity contribution in [2.24, 2.45) is 20.2 Å². The Morgan fingerprint density at radius 2 is 1.56 bits per heavy atom. The number of phenols is 1. The van der Waals surface area contributed by atoms with Gasteiger partial charge < -0.3 is 16.2 Å². The topological polar surface area (TPSA) is 283 Å². The first-order valence-corrected chi connectivity index (χ1v) is 14.7. The number of aromatic hydroxyl groups is 1. The minimum absolute atomic E-state index is 0.187. The Labute approximate surface area is 228 Å². The van der Waals surface area contributed by atoms with Crippen LogP contribution in [-0.2, 0) is 30.4 Å². The molecule has 0 aliphatic carbocycles. The summed E-state index contributed by atoms with van der Waals surface area (Å²) in [5.41, 5.74) is 3.63. The Morgan fingerprint density at radius 1 is 0.902 bits per heavy atom. The Kier molecular flexibility index (Phi) is 7.40. The van der Waals surface area contributed by atoms with Crippen molar-refractivity contribution < 1.29 is 52.8 Å². The molecule has 0 bridgehead atoms. The average Bonchev–Trinajstić information content (AvgIpc) is 2.81. The monoisotopic (exact) mass is 635 g/mol. The van der Waals surface area contributed by atoms with Gasteiger partial charge in [0.1, 0.15) is 26.9 Å². The molecule has 1 aliphatic rings. The fourth-order valence-electron chi connectivity index (χ4n) is 3.52. The number of amidine groups is 1. The summed E-state index contributed by atoms with van der Waals surface area (Å²) in [6.45, 7) is 0. The molecular formula is C19H15F2N7O10S3. The largest absolute Gasteiger partial charge is 0.507 e. The first-order chi connectivity index (χ1) is 18.8. The number of guanidine groups is 1. The van der Waals surface area contributed by atoms with Gasteiger partial charge in [-0.1, -0.05) is 0 Å². The second kappa shape index (κ2) is 10.2.